The van der Waals surface area contributed by atoms with E-state index in [1.54, 1.807) is 30.3 Å². The number of aliphatic hydroxyl groups excluding tert-OH is 1. The summed E-state index contributed by atoms with van der Waals surface area (Å²) in [5, 5.41) is 53.8. The van der Waals surface area contributed by atoms with Gasteiger partial charge in [0.2, 0.25) is 41.4 Å². The molecule has 13 N–H and O–H groups in total. The molecule has 340 valence electrons. The van der Waals surface area contributed by atoms with Crippen molar-refractivity contribution < 1.29 is 73.1 Å². The van der Waals surface area contributed by atoms with Gasteiger partial charge in [-0.25, -0.2) is 4.79 Å². The summed E-state index contributed by atoms with van der Waals surface area (Å²) in [7, 11) is 0. The third kappa shape index (κ3) is 19.5. The number of carbonyl (C=O) groups excluding carboxylic acids is 8. The van der Waals surface area contributed by atoms with E-state index in [2.05, 4.69) is 43.1 Å². The first-order chi connectivity index (χ1) is 29.8. The van der Waals surface area contributed by atoms with Crippen LogP contribution in [0.5, 0.6) is 5.75 Å². The molecule has 0 aliphatic carbocycles. The number of alkyl carbamates (subject to hydrolysis) is 1. The highest BCUT2D eigenvalue weighted by Crippen LogP contribution is 2.13. The predicted molar refractivity (Wildman–Crippen MR) is 217 cm³/mol. The quantitative estimate of drug-likeness (QED) is 0.0420. The molecule has 0 aliphatic rings. The van der Waals surface area contributed by atoms with Gasteiger partial charge in [-0.2, -0.15) is 0 Å². The summed E-state index contributed by atoms with van der Waals surface area (Å²) in [5.74, 6) is -7.87. The van der Waals surface area contributed by atoms with Crippen molar-refractivity contribution in [3.8, 4) is 18.1 Å². The van der Waals surface area contributed by atoms with E-state index in [1.165, 1.54) is 31.2 Å². The Morgan fingerprint density at radius 3 is 1.76 bits per heavy atom. The Hall–Kier alpha value is -7.74. The summed E-state index contributed by atoms with van der Waals surface area (Å²) in [6, 6.07) is 4.87. The molecule has 8 amide bonds. The van der Waals surface area contributed by atoms with Crippen LogP contribution in [-0.4, -0.2) is 129 Å². The molecule has 0 saturated heterocycles. The van der Waals surface area contributed by atoms with Gasteiger partial charge in [0.05, 0.1) is 13.2 Å². The summed E-state index contributed by atoms with van der Waals surface area (Å²) < 4.78 is 5.05. The molecule has 2 aromatic rings. The van der Waals surface area contributed by atoms with Crippen LogP contribution in [0.3, 0.4) is 0 Å². The number of terminal acetylenes is 1. The van der Waals surface area contributed by atoms with E-state index in [0.717, 1.165) is 0 Å². The predicted octanol–water partition coefficient (Wildman–Crippen LogP) is -2.98. The Labute approximate surface area is 360 Å². The first-order valence-electron chi connectivity index (χ1n) is 19.1. The van der Waals surface area contributed by atoms with E-state index in [1.807, 2.05) is 0 Å². The van der Waals surface area contributed by atoms with Crippen LogP contribution in [0.2, 0.25) is 0 Å². The van der Waals surface area contributed by atoms with Gasteiger partial charge >= 0.3 is 18.0 Å². The Balaban J connectivity index is 2.12. The second-order valence-electron chi connectivity index (χ2n) is 13.7. The number of aliphatic carboxylic acids is 2. The second kappa shape index (κ2) is 26.5. The Kier molecular flexibility index (Phi) is 21.6. The van der Waals surface area contributed by atoms with Gasteiger partial charge < -0.3 is 68.1 Å². The lowest BCUT2D eigenvalue weighted by Gasteiger charge is -2.26. The molecule has 6 atom stereocenters. The van der Waals surface area contributed by atoms with Crippen LogP contribution < -0.4 is 43.0 Å². The number of hydrogen-bond acceptors (Lipinski definition) is 13. The molecule has 0 unspecified atom stereocenters. The van der Waals surface area contributed by atoms with E-state index < -0.39 is 134 Å². The fraction of sp³-hybridized carbons (Fsp3) is 0.400. The zero-order chi connectivity index (χ0) is 47.1. The summed E-state index contributed by atoms with van der Waals surface area (Å²) >= 11 is 0. The van der Waals surface area contributed by atoms with Crippen molar-refractivity contribution in [3.63, 3.8) is 0 Å². The molecule has 0 spiro atoms. The fourth-order valence-corrected chi connectivity index (χ4v) is 5.35. The van der Waals surface area contributed by atoms with E-state index in [9.17, 15) is 63.3 Å². The van der Waals surface area contributed by atoms with Gasteiger partial charge in [-0.15, -0.1) is 12.3 Å². The molecular formula is C40H50N8O15. The first kappa shape index (κ1) is 51.4. The van der Waals surface area contributed by atoms with Gasteiger partial charge in [-0.05, 0) is 43.0 Å². The van der Waals surface area contributed by atoms with Gasteiger partial charge in [0.1, 0.15) is 48.6 Å². The smallest absolute Gasteiger partial charge is 0.408 e. The number of nitrogens with one attached hydrogen (secondary N) is 7. The molecule has 0 saturated carbocycles. The molecule has 23 heteroatoms. The maximum Gasteiger partial charge on any atom is 0.408 e. The van der Waals surface area contributed by atoms with Crippen LogP contribution in [0.25, 0.3) is 0 Å². The summed E-state index contributed by atoms with van der Waals surface area (Å²) in [5.41, 5.74) is 6.43. The molecule has 0 fully saturated rings. The summed E-state index contributed by atoms with van der Waals surface area (Å²) in [6.07, 6.45) is 1.64. The number of carbonyl (C=O) groups is 10. The molecule has 0 aliphatic heterocycles. The summed E-state index contributed by atoms with van der Waals surface area (Å²) in [6.45, 7) is -0.607. The number of benzene rings is 2. The number of ether oxygens (including phenoxy) is 1. The molecular weight excluding hydrogens is 832 g/mol. The second-order valence-corrected chi connectivity index (χ2v) is 13.7. The van der Waals surface area contributed by atoms with E-state index >= 15 is 0 Å². The van der Waals surface area contributed by atoms with Crippen LogP contribution in [0, 0.1) is 12.3 Å². The van der Waals surface area contributed by atoms with Gasteiger partial charge in [-0.1, -0.05) is 42.5 Å². The number of phenols is 1. The molecule has 0 heterocycles. The van der Waals surface area contributed by atoms with E-state index in [0.29, 0.717) is 11.1 Å². The molecule has 0 bridgehead atoms. The van der Waals surface area contributed by atoms with E-state index in [4.69, 9.17) is 22.0 Å². The van der Waals surface area contributed by atoms with Crippen molar-refractivity contribution in [1.29, 1.82) is 0 Å². The number of primary amides is 1. The number of aromatic hydroxyl groups is 1. The lowest BCUT2D eigenvalue weighted by molar-refractivity contribution is -0.139. The Morgan fingerprint density at radius 1 is 0.667 bits per heavy atom. The maximum atomic E-state index is 13.5. The van der Waals surface area contributed by atoms with Crippen molar-refractivity contribution in [3.05, 3.63) is 65.7 Å². The normalized spacial score (nSPS) is 13.3. The van der Waals surface area contributed by atoms with Crippen molar-refractivity contribution in [2.45, 2.75) is 88.3 Å². The monoisotopic (exact) mass is 882 g/mol. The average Bonchev–Trinajstić information content (AvgIpc) is 3.24. The van der Waals surface area contributed by atoms with Crippen LogP contribution in [0.15, 0.2) is 54.6 Å². The summed E-state index contributed by atoms with van der Waals surface area (Å²) in [4.78, 5) is 125. The topological polar surface area (TPSA) is 371 Å². The fourth-order valence-electron chi connectivity index (χ4n) is 5.35. The number of nitrogens with two attached hydrogens (primary N) is 1. The lowest BCUT2D eigenvalue weighted by Crippen LogP contribution is -2.60. The molecule has 23 nitrogen and oxygen atoms in total. The average molecular weight is 883 g/mol. The van der Waals surface area contributed by atoms with Crippen LogP contribution in [0.4, 0.5) is 4.79 Å². The first-order valence-corrected chi connectivity index (χ1v) is 19.1. The van der Waals surface area contributed by atoms with Gasteiger partial charge in [-0.3, -0.25) is 43.2 Å². The SMILES string of the molecule is C#CC[C@H](NC(=O)[C@H](CO)NC(=O)[C@H](CCC(=O)O)NC(=O)CNC(=O)[C@H](C)NC(=O)OCc1ccccc1)C(=O)N[C@@H](Cc1ccc(O)cc1)C(=O)N[C@@H](CCC(=O)O)C(N)=O. The van der Waals surface area contributed by atoms with Crippen molar-refractivity contribution in [1.82, 2.24) is 37.2 Å². The molecule has 2 aromatic carbocycles. The third-order valence-corrected chi connectivity index (χ3v) is 8.75. The minimum absolute atomic E-state index is 0.0760. The zero-order valence-corrected chi connectivity index (χ0v) is 34.0. The number of aliphatic hydroxyl groups is 1. The molecule has 63 heavy (non-hydrogen) atoms. The Morgan fingerprint density at radius 2 is 1.19 bits per heavy atom. The van der Waals surface area contributed by atoms with Crippen LogP contribution in [0.1, 0.15) is 50.2 Å². The largest absolute Gasteiger partial charge is 0.508 e. The van der Waals surface area contributed by atoms with Gasteiger partial charge in [0.25, 0.3) is 0 Å². The number of phenolic OH excluding ortho intramolecular Hbond substituents is 1. The third-order valence-electron chi connectivity index (χ3n) is 8.75. The number of rotatable bonds is 26. The number of amides is 8. The zero-order valence-electron chi connectivity index (χ0n) is 34.0. The van der Waals surface area contributed by atoms with Gasteiger partial charge in [0.15, 0.2) is 0 Å². The van der Waals surface area contributed by atoms with Crippen LogP contribution in [-0.2, 0) is 60.9 Å². The van der Waals surface area contributed by atoms with Crippen molar-refractivity contribution in [2.24, 2.45) is 5.73 Å². The lowest BCUT2D eigenvalue weighted by atomic mass is 10.0. The highest BCUT2D eigenvalue weighted by molar-refractivity contribution is 5.97. The van der Waals surface area contributed by atoms with Gasteiger partial charge in [0, 0.05) is 25.7 Å². The maximum absolute atomic E-state index is 13.5. The standard InChI is InChI=1S/C40H50N8O15/c1-3-7-27(36(58)47-29(18-23-10-12-25(50)13-11-23)38(60)45-26(34(41)56)14-16-32(52)53)46-39(61)30(20-49)48-37(59)28(15-17-33(54)55)44-31(51)19-42-35(57)22(2)43-40(62)63-21-24-8-5-4-6-9-24/h1,4-6,8-13,22,26-30,49-50H,7,14-21H2,2H3,(H2,41,56)(H,42,57)(H,43,62)(H,44,51)(H,45,60)(H,46,61)(H,47,58)(H,48,59)(H,52,53)(H,54,55)/t22-,26-,27-,28-,29-,30-/m0/s1. The van der Waals surface area contributed by atoms with E-state index in [-0.39, 0.29) is 25.2 Å². The number of hydrogen-bond donors (Lipinski definition) is 12. The highest BCUT2D eigenvalue weighted by Gasteiger charge is 2.32. The highest BCUT2D eigenvalue weighted by atomic mass is 16.5. The molecule has 0 aromatic heterocycles. The number of carboxylic acids is 2. The minimum atomic E-state index is -1.83. The van der Waals surface area contributed by atoms with Crippen molar-refractivity contribution in [2.75, 3.05) is 13.2 Å². The molecule has 0 radical (unpaired) electrons. The molecule has 2 rings (SSSR count). The van der Waals surface area contributed by atoms with Crippen molar-refractivity contribution >= 4 is 59.4 Å². The number of carboxylic acid groups (broad SMARTS) is 2. The van der Waals surface area contributed by atoms with Crippen LogP contribution >= 0.6 is 0 Å². The minimum Gasteiger partial charge on any atom is -0.508 e. The Bertz CT molecular complexity index is 1990.